The van der Waals surface area contributed by atoms with Gasteiger partial charge in [-0.15, -0.1) is 0 Å². The average Bonchev–Trinajstić information content (AvgIpc) is 3.51. The highest BCUT2D eigenvalue weighted by Crippen LogP contribution is 2.47. The van der Waals surface area contributed by atoms with E-state index in [0.717, 1.165) is 33.6 Å². The van der Waals surface area contributed by atoms with Crippen LogP contribution in [0.2, 0.25) is 0 Å². The number of carbonyl (C=O) groups is 1. The summed E-state index contributed by atoms with van der Waals surface area (Å²) in [5.74, 6) is -0.179. The van der Waals surface area contributed by atoms with Crippen molar-refractivity contribution in [3.63, 3.8) is 0 Å². The molecule has 0 saturated carbocycles. The minimum atomic E-state index is -0.895. The molecule has 0 radical (unpaired) electrons. The van der Waals surface area contributed by atoms with Gasteiger partial charge in [-0.1, -0.05) is 6.07 Å². The second-order valence-corrected chi connectivity index (χ2v) is 8.64. The first kappa shape index (κ1) is 18.8. The highest BCUT2D eigenvalue weighted by atomic mass is 32.1. The Labute approximate surface area is 181 Å². The fraction of sp³-hybridized carbons (Fsp3) is 0.130. The number of anilines is 1. The molecule has 5 rings (SSSR count). The highest BCUT2D eigenvalue weighted by Gasteiger charge is 2.43. The van der Waals surface area contributed by atoms with Gasteiger partial charge < -0.3 is 14.6 Å². The summed E-state index contributed by atoms with van der Waals surface area (Å²) in [5, 5.41) is 20.5. The van der Waals surface area contributed by atoms with Crippen molar-refractivity contribution in [3.05, 3.63) is 86.4 Å². The Morgan fingerprint density at radius 3 is 2.43 bits per heavy atom. The van der Waals surface area contributed by atoms with Crippen LogP contribution in [-0.2, 0) is 22.2 Å². The topological polar surface area (TPSA) is 67.0 Å². The van der Waals surface area contributed by atoms with E-state index in [0.29, 0.717) is 5.69 Å². The van der Waals surface area contributed by atoms with Crippen molar-refractivity contribution >= 4 is 34.3 Å². The van der Waals surface area contributed by atoms with Crippen LogP contribution in [0, 0.1) is 11.3 Å². The van der Waals surface area contributed by atoms with E-state index in [1.807, 2.05) is 58.8 Å². The average molecular weight is 432 g/mol. The van der Waals surface area contributed by atoms with Gasteiger partial charge in [0.1, 0.15) is 24.0 Å². The summed E-state index contributed by atoms with van der Waals surface area (Å²) in [6.45, 7) is -0.0432. The standard InChI is InChI=1S/C23H17N3O2S2/c1-26-18(11-24)3-5-21(26)15-2-4-20-19(10-15)23(16-6-8-29-13-16,17-7-9-30-14-17)28-12-22(27)25-20/h2-10,13-14H,12H2,1H3,(H,25,27). The number of rotatable bonds is 3. The second kappa shape index (κ2) is 7.26. The Morgan fingerprint density at radius 1 is 1.10 bits per heavy atom. The number of nitrogens with one attached hydrogen (secondary N) is 1. The normalized spacial score (nSPS) is 15.1. The fourth-order valence-corrected chi connectivity index (χ4v) is 5.42. The van der Waals surface area contributed by atoms with E-state index in [9.17, 15) is 10.1 Å². The molecule has 5 nitrogen and oxygen atoms in total. The molecule has 1 aromatic carbocycles. The smallest absolute Gasteiger partial charge is 0.250 e. The van der Waals surface area contributed by atoms with Gasteiger partial charge in [0.2, 0.25) is 5.91 Å². The van der Waals surface area contributed by atoms with Crippen LogP contribution in [0.1, 0.15) is 22.4 Å². The van der Waals surface area contributed by atoms with Crippen molar-refractivity contribution in [2.24, 2.45) is 7.05 Å². The third-order valence-electron chi connectivity index (χ3n) is 5.48. The lowest BCUT2D eigenvalue weighted by molar-refractivity contribution is -0.123. The summed E-state index contributed by atoms with van der Waals surface area (Å²) in [5.41, 5.74) is 5.16. The first-order valence-electron chi connectivity index (χ1n) is 9.33. The molecule has 1 amide bonds. The van der Waals surface area contributed by atoms with E-state index in [1.165, 1.54) is 0 Å². The van der Waals surface area contributed by atoms with Gasteiger partial charge in [-0.2, -0.15) is 27.9 Å². The van der Waals surface area contributed by atoms with Crippen LogP contribution in [-0.4, -0.2) is 17.1 Å². The van der Waals surface area contributed by atoms with Gasteiger partial charge in [0.05, 0.1) is 0 Å². The fourth-order valence-electron chi connectivity index (χ4n) is 4.03. The zero-order valence-corrected chi connectivity index (χ0v) is 17.7. The summed E-state index contributed by atoms with van der Waals surface area (Å²) < 4.78 is 8.28. The molecule has 0 saturated heterocycles. The molecule has 0 spiro atoms. The minimum Gasteiger partial charge on any atom is -0.351 e. The number of amides is 1. The van der Waals surface area contributed by atoms with E-state index >= 15 is 0 Å². The van der Waals surface area contributed by atoms with Crippen molar-refractivity contribution in [1.82, 2.24) is 4.57 Å². The number of nitrogens with zero attached hydrogens (tertiary/aromatic N) is 2. The van der Waals surface area contributed by atoms with Gasteiger partial charge >= 0.3 is 0 Å². The number of hydrogen-bond acceptors (Lipinski definition) is 5. The molecule has 1 aliphatic rings. The lowest BCUT2D eigenvalue weighted by atomic mass is 9.81. The van der Waals surface area contributed by atoms with Crippen LogP contribution >= 0.6 is 22.7 Å². The van der Waals surface area contributed by atoms with Crippen molar-refractivity contribution in [2.45, 2.75) is 5.60 Å². The van der Waals surface area contributed by atoms with Crippen LogP contribution in [0.5, 0.6) is 0 Å². The van der Waals surface area contributed by atoms with E-state index in [4.69, 9.17) is 4.74 Å². The lowest BCUT2D eigenvalue weighted by Gasteiger charge is -2.33. The molecule has 3 aromatic heterocycles. The third kappa shape index (κ3) is 2.81. The highest BCUT2D eigenvalue weighted by molar-refractivity contribution is 7.08. The first-order valence-corrected chi connectivity index (χ1v) is 11.2. The van der Waals surface area contributed by atoms with Gasteiger partial charge in [0.15, 0.2) is 0 Å². The van der Waals surface area contributed by atoms with Crippen molar-refractivity contribution in [1.29, 1.82) is 5.26 Å². The number of nitriles is 1. The monoisotopic (exact) mass is 431 g/mol. The Kier molecular flexibility index (Phi) is 4.55. The van der Waals surface area contributed by atoms with Crippen LogP contribution in [0.15, 0.2) is 64.0 Å². The van der Waals surface area contributed by atoms with Crippen molar-refractivity contribution < 1.29 is 9.53 Å². The molecule has 30 heavy (non-hydrogen) atoms. The molecule has 148 valence electrons. The quantitative estimate of drug-likeness (QED) is 0.499. The van der Waals surface area contributed by atoms with Crippen LogP contribution in [0.4, 0.5) is 5.69 Å². The molecule has 4 aromatic rings. The van der Waals surface area contributed by atoms with Gasteiger partial charge in [0.25, 0.3) is 0 Å². The molecular formula is C23H17N3O2S2. The maximum Gasteiger partial charge on any atom is 0.250 e. The summed E-state index contributed by atoms with van der Waals surface area (Å²) in [4.78, 5) is 12.5. The summed E-state index contributed by atoms with van der Waals surface area (Å²) in [7, 11) is 1.88. The number of ether oxygens (including phenoxy) is 1. The van der Waals surface area contributed by atoms with E-state index in [2.05, 4.69) is 28.2 Å². The largest absolute Gasteiger partial charge is 0.351 e. The van der Waals surface area contributed by atoms with Gasteiger partial charge in [-0.25, -0.2) is 0 Å². The molecule has 1 aliphatic heterocycles. The van der Waals surface area contributed by atoms with E-state index in [1.54, 1.807) is 22.7 Å². The van der Waals surface area contributed by atoms with Crippen LogP contribution in [0.3, 0.4) is 0 Å². The lowest BCUT2D eigenvalue weighted by Crippen LogP contribution is -2.32. The molecule has 7 heteroatoms. The predicted octanol–water partition coefficient (Wildman–Crippen LogP) is 4.95. The molecule has 0 unspecified atom stereocenters. The molecule has 0 aliphatic carbocycles. The third-order valence-corrected chi connectivity index (χ3v) is 6.85. The molecule has 1 N–H and O–H groups in total. The molecule has 4 heterocycles. The number of carbonyl (C=O) groups excluding carboxylic acids is 1. The predicted molar refractivity (Wildman–Crippen MR) is 119 cm³/mol. The number of aromatic nitrogens is 1. The van der Waals surface area contributed by atoms with E-state index in [-0.39, 0.29) is 12.5 Å². The van der Waals surface area contributed by atoms with Gasteiger partial charge in [-0.05, 0) is 63.5 Å². The molecule has 0 bridgehead atoms. The van der Waals surface area contributed by atoms with Crippen LogP contribution < -0.4 is 5.32 Å². The Balaban J connectivity index is 1.80. The minimum absolute atomic E-state index is 0.0432. The number of fused-ring (bicyclic) bond motifs is 1. The summed E-state index contributed by atoms with van der Waals surface area (Å²) in [6.07, 6.45) is 0. The molecule has 0 fully saturated rings. The second-order valence-electron chi connectivity index (χ2n) is 7.08. The maximum absolute atomic E-state index is 12.5. The summed E-state index contributed by atoms with van der Waals surface area (Å²) in [6, 6.07) is 16.0. The van der Waals surface area contributed by atoms with Gasteiger partial charge in [-0.3, -0.25) is 4.79 Å². The Bertz CT molecular complexity index is 1230. The zero-order valence-electron chi connectivity index (χ0n) is 16.1. The van der Waals surface area contributed by atoms with Crippen LogP contribution in [0.25, 0.3) is 11.3 Å². The van der Waals surface area contributed by atoms with Crippen molar-refractivity contribution in [2.75, 3.05) is 11.9 Å². The maximum atomic E-state index is 12.5. The van der Waals surface area contributed by atoms with Gasteiger partial charge in [0, 0.05) is 35.1 Å². The zero-order chi connectivity index (χ0) is 20.7. The first-order chi connectivity index (χ1) is 14.6. The Morgan fingerprint density at radius 2 is 1.83 bits per heavy atom. The molecular weight excluding hydrogens is 414 g/mol. The number of benzene rings is 1. The van der Waals surface area contributed by atoms with Crippen molar-refractivity contribution in [3.8, 4) is 17.3 Å². The molecule has 0 atom stereocenters. The van der Waals surface area contributed by atoms with E-state index < -0.39 is 5.60 Å². The number of hydrogen-bond donors (Lipinski definition) is 1. The Hall–Kier alpha value is -3.18. The summed E-state index contributed by atoms with van der Waals surface area (Å²) >= 11 is 3.20. The SMILES string of the molecule is Cn1c(C#N)ccc1-c1ccc2c(c1)C(c1ccsc1)(c1ccsc1)OCC(=O)N2. The number of thiophene rings is 2.